The Hall–Kier alpha value is -1.58. The fourth-order valence-corrected chi connectivity index (χ4v) is 0.849. The van der Waals surface area contributed by atoms with Crippen LogP contribution < -0.4 is 0 Å². The van der Waals surface area contributed by atoms with E-state index >= 15 is 0 Å². The van der Waals surface area contributed by atoms with Gasteiger partial charge in [-0.2, -0.15) is 0 Å². The quantitative estimate of drug-likeness (QED) is 0.381. The van der Waals surface area contributed by atoms with Crippen molar-refractivity contribution < 1.29 is 19.1 Å². The van der Waals surface area contributed by atoms with Crippen LogP contribution in [0.15, 0.2) is 24.3 Å². The number of allylic oxidation sites excluding steroid dienone is 2. The van der Waals surface area contributed by atoms with Crippen LogP contribution in [0.25, 0.3) is 0 Å². The predicted molar refractivity (Wildman–Crippen MR) is 56.2 cm³/mol. The van der Waals surface area contributed by atoms with E-state index in [2.05, 4.69) is 9.47 Å². The molecule has 0 aliphatic carbocycles. The van der Waals surface area contributed by atoms with Gasteiger partial charge >= 0.3 is 11.9 Å². The number of carbonyl (C=O) groups is 2. The van der Waals surface area contributed by atoms with Crippen LogP contribution in [0.4, 0.5) is 0 Å². The van der Waals surface area contributed by atoms with Crippen molar-refractivity contribution in [3.63, 3.8) is 0 Å². The standard InChI is InChI=1S/C11H16O4/c1-14-10(12)8-6-4-3-5-7-9-11(13)15-2/h6-9H,3-5H2,1-2H3/b8-6+,9-7+. The van der Waals surface area contributed by atoms with Gasteiger partial charge in [0.2, 0.25) is 0 Å². The minimum atomic E-state index is -0.347. The number of esters is 2. The van der Waals surface area contributed by atoms with E-state index in [1.54, 1.807) is 12.2 Å². The first-order valence-electron chi connectivity index (χ1n) is 4.69. The van der Waals surface area contributed by atoms with Crippen molar-refractivity contribution in [1.29, 1.82) is 0 Å². The molecule has 0 amide bonds. The molecule has 0 rings (SSSR count). The number of methoxy groups -OCH3 is 2. The minimum absolute atomic E-state index is 0.347. The van der Waals surface area contributed by atoms with Gasteiger partial charge in [-0.1, -0.05) is 12.2 Å². The van der Waals surface area contributed by atoms with Crippen LogP contribution in [0.3, 0.4) is 0 Å². The Balaban J connectivity index is 3.47. The molecule has 0 aliphatic heterocycles. The van der Waals surface area contributed by atoms with E-state index in [-0.39, 0.29) is 11.9 Å². The fraction of sp³-hybridized carbons (Fsp3) is 0.455. The Morgan fingerprint density at radius 2 is 1.33 bits per heavy atom. The molecule has 0 fully saturated rings. The molecule has 0 N–H and O–H groups in total. The van der Waals surface area contributed by atoms with Crippen molar-refractivity contribution >= 4 is 11.9 Å². The van der Waals surface area contributed by atoms with E-state index in [1.807, 2.05) is 0 Å². The third-order valence-electron chi connectivity index (χ3n) is 1.65. The lowest BCUT2D eigenvalue weighted by atomic mass is 10.2. The molecule has 0 unspecified atom stereocenters. The number of unbranched alkanes of at least 4 members (excludes halogenated alkanes) is 2. The van der Waals surface area contributed by atoms with E-state index in [0.717, 1.165) is 19.3 Å². The highest BCUT2D eigenvalue weighted by Gasteiger charge is 1.90. The van der Waals surface area contributed by atoms with Crippen LogP contribution in [0.5, 0.6) is 0 Å². The third-order valence-corrected chi connectivity index (χ3v) is 1.65. The average molecular weight is 212 g/mol. The number of hydrogen-bond acceptors (Lipinski definition) is 4. The van der Waals surface area contributed by atoms with Crippen LogP contribution in [-0.4, -0.2) is 26.2 Å². The first kappa shape index (κ1) is 13.4. The van der Waals surface area contributed by atoms with E-state index in [4.69, 9.17) is 0 Å². The number of ether oxygens (including phenoxy) is 2. The zero-order valence-electron chi connectivity index (χ0n) is 9.06. The molecule has 15 heavy (non-hydrogen) atoms. The van der Waals surface area contributed by atoms with Gasteiger partial charge in [0.05, 0.1) is 14.2 Å². The Bertz CT molecular complexity index is 227. The molecule has 84 valence electrons. The second-order valence-corrected chi connectivity index (χ2v) is 2.78. The summed E-state index contributed by atoms with van der Waals surface area (Å²) in [6, 6.07) is 0. The molecule has 0 atom stereocenters. The molecule has 0 heterocycles. The summed E-state index contributed by atoms with van der Waals surface area (Å²) >= 11 is 0. The van der Waals surface area contributed by atoms with Crippen LogP contribution >= 0.6 is 0 Å². The maximum atomic E-state index is 10.6. The largest absolute Gasteiger partial charge is 0.466 e. The van der Waals surface area contributed by atoms with Gasteiger partial charge in [0, 0.05) is 12.2 Å². The van der Waals surface area contributed by atoms with Gasteiger partial charge in [-0.25, -0.2) is 9.59 Å². The Labute approximate surface area is 89.6 Å². The zero-order chi connectivity index (χ0) is 11.5. The van der Waals surface area contributed by atoms with Crippen molar-refractivity contribution in [2.75, 3.05) is 14.2 Å². The topological polar surface area (TPSA) is 52.6 Å². The van der Waals surface area contributed by atoms with E-state index in [9.17, 15) is 9.59 Å². The molecule has 0 aromatic heterocycles. The Kier molecular flexibility index (Phi) is 8.05. The fourth-order valence-electron chi connectivity index (χ4n) is 0.849. The monoisotopic (exact) mass is 212 g/mol. The van der Waals surface area contributed by atoms with E-state index < -0.39 is 0 Å². The van der Waals surface area contributed by atoms with Gasteiger partial charge in [-0.15, -0.1) is 0 Å². The first-order chi connectivity index (χ1) is 7.20. The van der Waals surface area contributed by atoms with Gasteiger partial charge in [-0.05, 0) is 19.3 Å². The van der Waals surface area contributed by atoms with Gasteiger partial charge < -0.3 is 9.47 Å². The van der Waals surface area contributed by atoms with Crippen molar-refractivity contribution in [2.45, 2.75) is 19.3 Å². The molecular weight excluding hydrogens is 196 g/mol. The lowest BCUT2D eigenvalue weighted by Crippen LogP contribution is -1.93. The molecule has 0 spiro atoms. The van der Waals surface area contributed by atoms with Crippen molar-refractivity contribution in [3.05, 3.63) is 24.3 Å². The Morgan fingerprint density at radius 3 is 1.67 bits per heavy atom. The summed E-state index contributed by atoms with van der Waals surface area (Å²) in [5.74, 6) is -0.694. The molecule has 4 heteroatoms. The smallest absolute Gasteiger partial charge is 0.330 e. The molecule has 0 bridgehead atoms. The Morgan fingerprint density at radius 1 is 0.933 bits per heavy atom. The maximum Gasteiger partial charge on any atom is 0.330 e. The highest BCUT2D eigenvalue weighted by molar-refractivity contribution is 5.82. The summed E-state index contributed by atoms with van der Waals surface area (Å²) in [5, 5.41) is 0. The summed E-state index contributed by atoms with van der Waals surface area (Å²) in [5.41, 5.74) is 0. The predicted octanol–water partition coefficient (Wildman–Crippen LogP) is 1.62. The van der Waals surface area contributed by atoms with Gasteiger partial charge in [-0.3, -0.25) is 0 Å². The third kappa shape index (κ3) is 8.74. The summed E-state index contributed by atoms with van der Waals surface area (Å²) in [4.78, 5) is 21.3. The second-order valence-electron chi connectivity index (χ2n) is 2.78. The average Bonchev–Trinajstić information content (AvgIpc) is 2.26. The summed E-state index contributed by atoms with van der Waals surface area (Å²) in [6.07, 6.45) is 8.71. The van der Waals surface area contributed by atoms with Crippen LogP contribution in [0, 0.1) is 0 Å². The van der Waals surface area contributed by atoms with Crippen molar-refractivity contribution in [1.82, 2.24) is 0 Å². The zero-order valence-corrected chi connectivity index (χ0v) is 9.06. The first-order valence-corrected chi connectivity index (χ1v) is 4.69. The molecule has 0 aromatic carbocycles. The lowest BCUT2D eigenvalue weighted by molar-refractivity contribution is -0.135. The SMILES string of the molecule is COC(=O)/C=C/CCC/C=C/C(=O)OC. The van der Waals surface area contributed by atoms with E-state index in [0.29, 0.717) is 0 Å². The normalized spacial score (nSPS) is 10.8. The van der Waals surface area contributed by atoms with Gasteiger partial charge in [0.1, 0.15) is 0 Å². The van der Waals surface area contributed by atoms with Gasteiger partial charge in [0.15, 0.2) is 0 Å². The second kappa shape index (κ2) is 8.99. The number of hydrogen-bond donors (Lipinski definition) is 0. The molecule has 4 nitrogen and oxygen atoms in total. The molecule has 0 aliphatic rings. The van der Waals surface area contributed by atoms with Crippen LogP contribution in [-0.2, 0) is 19.1 Å². The number of rotatable bonds is 6. The van der Waals surface area contributed by atoms with Gasteiger partial charge in [0.25, 0.3) is 0 Å². The minimum Gasteiger partial charge on any atom is -0.466 e. The van der Waals surface area contributed by atoms with Crippen LogP contribution in [0.1, 0.15) is 19.3 Å². The number of carbonyl (C=O) groups excluding carboxylic acids is 2. The summed E-state index contributed by atoms with van der Waals surface area (Å²) in [7, 11) is 2.68. The lowest BCUT2D eigenvalue weighted by Gasteiger charge is -1.92. The van der Waals surface area contributed by atoms with Crippen molar-refractivity contribution in [2.24, 2.45) is 0 Å². The molecule has 0 saturated carbocycles. The molecule has 0 aromatic rings. The van der Waals surface area contributed by atoms with Crippen molar-refractivity contribution in [3.8, 4) is 0 Å². The summed E-state index contributed by atoms with van der Waals surface area (Å²) < 4.78 is 8.85. The molecular formula is C11H16O4. The van der Waals surface area contributed by atoms with E-state index in [1.165, 1.54) is 26.4 Å². The van der Waals surface area contributed by atoms with Crippen LogP contribution in [0.2, 0.25) is 0 Å². The molecule has 0 saturated heterocycles. The maximum absolute atomic E-state index is 10.6. The highest BCUT2D eigenvalue weighted by atomic mass is 16.5. The highest BCUT2D eigenvalue weighted by Crippen LogP contribution is 1.98. The molecule has 0 radical (unpaired) electrons. The summed E-state index contributed by atoms with van der Waals surface area (Å²) in [6.45, 7) is 0.